The molecule has 17 nitrogen and oxygen atoms in total. The van der Waals surface area contributed by atoms with Crippen molar-refractivity contribution in [3.63, 3.8) is 0 Å². The van der Waals surface area contributed by atoms with E-state index in [2.05, 4.69) is 55.4 Å². The Morgan fingerprint density at radius 1 is 0.269 bits per heavy atom. The van der Waals surface area contributed by atoms with E-state index in [1.807, 2.05) is 0 Å². The highest BCUT2D eigenvalue weighted by atomic mass is 31.2. The number of hydrogen-bond acceptors (Lipinski definition) is 15. The van der Waals surface area contributed by atoms with E-state index in [0.717, 1.165) is 114 Å². The normalized spacial score (nSPS) is 14.2. The molecule has 0 radical (unpaired) electrons. The monoisotopic (exact) mass is 1520 g/mol. The van der Waals surface area contributed by atoms with Gasteiger partial charge >= 0.3 is 39.5 Å². The Morgan fingerprint density at radius 3 is 0.683 bits per heavy atom. The first-order chi connectivity index (χ1) is 50.1. The fourth-order valence-electron chi connectivity index (χ4n) is 13.1. The molecule has 0 saturated heterocycles. The predicted octanol–water partition coefficient (Wildman–Crippen LogP) is 25.6. The Bertz CT molecular complexity index is 2030. The number of aliphatic hydroxyl groups excluding tert-OH is 1. The molecule has 0 spiro atoms. The summed E-state index contributed by atoms with van der Waals surface area (Å²) in [5.41, 5.74) is 0. The average molecular weight is 1520 g/mol. The molecule has 618 valence electrons. The third-order valence-electron chi connectivity index (χ3n) is 20.2. The number of carbonyl (C=O) groups excluding carboxylic acids is 4. The summed E-state index contributed by atoms with van der Waals surface area (Å²) in [6.45, 7) is 14.3. The number of carbonyl (C=O) groups is 4. The van der Waals surface area contributed by atoms with Gasteiger partial charge in [0.2, 0.25) is 0 Å². The van der Waals surface area contributed by atoms with Gasteiger partial charge in [-0.2, -0.15) is 0 Å². The van der Waals surface area contributed by atoms with Gasteiger partial charge in [-0.3, -0.25) is 37.3 Å². The summed E-state index contributed by atoms with van der Waals surface area (Å²) in [7, 11) is -9.93. The van der Waals surface area contributed by atoms with Crippen LogP contribution in [0.4, 0.5) is 0 Å². The van der Waals surface area contributed by atoms with Crippen LogP contribution in [0.5, 0.6) is 0 Å². The van der Waals surface area contributed by atoms with Crippen molar-refractivity contribution in [1.82, 2.24) is 0 Å². The molecule has 0 aliphatic carbocycles. The van der Waals surface area contributed by atoms with Gasteiger partial charge in [0, 0.05) is 25.7 Å². The van der Waals surface area contributed by atoms with Gasteiger partial charge in [0.1, 0.15) is 19.3 Å². The highest BCUT2D eigenvalue weighted by Crippen LogP contribution is 2.45. The first kappa shape index (κ1) is 102. The van der Waals surface area contributed by atoms with Gasteiger partial charge in [0.25, 0.3) is 0 Å². The highest BCUT2D eigenvalue weighted by molar-refractivity contribution is 7.47. The third-order valence-corrected chi connectivity index (χ3v) is 22.1. The summed E-state index contributed by atoms with van der Waals surface area (Å²) in [6.07, 6.45) is 62.7. The maximum atomic E-state index is 13.1. The highest BCUT2D eigenvalue weighted by Gasteiger charge is 2.30. The van der Waals surface area contributed by atoms with Crippen LogP contribution < -0.4 is 0 Å². The van der Waals surface area contributed by atoms with Crippen molar-refractivity contribution in [3.8, 4) is 0 Å². The van der Waals surface area contributed by atoms with E-state index in [1.54, 1.807) is 0 Å². The van der Waals surface area contributed by atoms with Gasteiger partial charge in [0.05, 0.1) is 26.4 Å². The van der Waals surface area contributed by atoms with E-state index >= 15 is 0 Å². The summed E-state index contributed by atoms with van der Waals surface area (Å²) in [4.78, 5) is 73.1. The van der Waals surface area contributed by atoms with E-state index in [1.165, 1.54) is 238 Å². The minimum absolute atomic E-state index is 0.107. The zero-order valence-electron chi connectivity index (χ0n) is 68.7. The third kappa shape index (κ3) is 76.8. The van der Waals surface area contributed by atoms with Crippen LogP contribution in [0.3, 0.4) is 0 Å². The van der Waals surface area contributed by atoms with Gasteiger partial charge in [0.15, 0.2) is 12.2 Å². The summed E-state index contributed by atoms with van der Waals surface area (Å²) < 4.78 is 68.8. The van der Waals surface area contributed by atoms with Crippen LogP contribution in [0.1, 0.15) is 441 Å². The number of ether oxygens (including phenoxy) is 4. The van der Waals surface area contributed by atoms with E-state index < -0.39 is 97.5 Å². The molecule has 0 heterocycles. The SMILES string of the molecule is CCC(C)CCCCCCCCCCCCCCCCCCCCC(=O)O[C@H](COC(=O)CCCCCCCCCC(C)C)COP(=O)(O)OCC(O)COP(=O)(O)OC[C@@H](COC(=O)CCCCCCCCCCC(C)C)OC(=O)CCCCCCCCCCCCCCCCCCCCC(C)C. The molecular formula is C85H166O17P2. The molecule has 0 aromatic carbocycles. The Balaban J connectivity index is 5.15. The molecule has 0 aromatic rings. The molecule has 4 unspecified atom stereocenters. The van der Waals surface area contributed by atoms with E-state index in [0.29, 0.717) is 31.6 Å². The molecule has 0 aliphatic rings. The van der Waals surface area contributed by atoms with Crippen LogP contribution in [0.25, 0.3) is 0 Å². The van der Waals surface area contributed by atoms with Crippen LogP contribution in [0.2, 0.25) is 0 Å². The van der Waals surface area contributed by atoms with Crippen molar-refractivity contribution in [2.24, 2.45) is 23.7 Å². The van der Waals surface area contributed by atoms with Crippen molar-refractivity contribution in [2.75, 3.05) is 39.6 Å². The van der Waals surface area contributed by atoms with Crippen molar-refractivity contribution >= 4 is 39.5 Å². The zero-order chi connectivity index (χ0) is 76.7. The Morgan fingerprint density at radius 2 is 0.462 bits per heavy atom. The number of unbranched alkanes of at least 4 members (excludes halogenated alkanes) is 47. The molecule has 0 amide bonds. The van der Waals surface area contributed by atoms with Gasteiger partial charge in [-0.05, 0) is 49.4 Å². The summed E-state index contributed by atoms with van der Waals surface area (Å²) >= 11 is 0. The van der Waals surface area contributed by atoms with Gasteiger partial charge in [-0.1, -0.05) is 389 Å². The maximum Gasteiger partial charge on any atom is 0.472 e. The van der Waals surface area contributed by atoms with Gasteiger partial charge in [-0.25, -0.2) is 9.13 Å². The largest absolute Gasteiger partial charge is 0.472 e. The lowest BCUT2D eigenvalue weighted by atomic mass is 9.99. The second-order valence-corrected chi connectivity index (χ2v) is 35.2. The van der Waals surface area contributed by atoms with E-state index in [-0.39, 0.29) is 25.7 Å². The summed E-state index contributed by atoms with van der Waals surface area (Å²) in [5, 5.41) is 10.7. The Hall–Kier alpha value is -1.94. The van der Waals surface area contributed by atoms with Crippen molar-refractivity contribution in [3.05, 3.63) is 0 Å². The molecule has 0 aliphatic heterocycles. The number of phosphoric ester groups is 2. The molecule has 6 atom stereocenters. The quantitative estimate of drug-likeness (QED) is 0.0222. The standard InChI is InChI=1S/C85H166O17P2/c1-9-78(8)64-56-48-40-31-27-23-19-15-11-13-17-21-25-29-33-43-52-60-68-85(90)102-81(72-96-83(88)66-58-50-44-36-39-47-55-63-77(6)7)74-100-104(93,94)98-70-79(86)69-97-103(91,92)99-73-80(71-95-82(87)65-57-49-41-35-34-38-46-54-62-76(4)5)101-84(89)67-59-51-42-32-28-24-20-16-12-10-14-18-22-26-30-37-45-53-61-75(2)3/h75-81,86H,9-74H2,1-8H3,(H,91,92)(H,93,94)/t78?,79?,80-,81-/m1/s1. The minimum Gasteiger partial charge on any atom is -0.462 e. The molecule has 0 rings (SSSR count). The van der Waals surface area contributed by atoms with Crippen LogP contribution in [0, 0.1) is 23.7 Å². The smallest absolute Gasteiger partial charge is 0.462 e. The maximum absolute atomic E-state index is 13.1. The lowest BCUT2D eigenvalue weighted by Gasteiger charge is -2.21. The number of hydrogen-bond donors (Lipinski definition) is 3. The molecule has 104 heavy (non-hydrogen) atoms. The van der Waals surface area contributed by atoms with Crippen molar-refractivity contribution in [1.29, 1.82) is 0 Å². The van der Waals surface area contributed by atoms with Crippen molar-refractivity contribution in [2.45, 2.75) is 459 Å². The Kier molecular flexibility index (Phi) is 72.5. The fourth-order valence-corrected chi connectivity index (χ4v) is 14.7. The number of rotatable bonds is 82. The lowest BCUT2D eigenvalue weighted by Crippen LogP contribution is -2.30. The average Bonchev–Trinajstić information content (AvgIpc) is 0.905. The van der Waals surface area contributed by atoms with Gasteiger partial charge in [-0.15, -0.1) is 0 Å². The Labute approximate surface area is 638 Å². The van der Waals surface area contributed by atoms with Crippen LogP contribution >= 0.6 is 15.6 Å². The molecule has 19 heteroatoms. The number of aliphatic hydroxyl groups is 1. The van der Waals surface area contributed by atoms with E-state index in [9.17, 15) is 43.2 Å². The minimum atomic E-state index is -4.96. The topological polar surface area (TPSA) is 237 Å². The molecule has 0 aromatic heterocycles. The van der Waals surface area contributed by atoms with Gasteiger partial charge < -0.3 is 33.8 Å². The number of esters is 4. The molecule has 3 N–H and O–H groups in total. The first-order valence-corrected chi connectivity index (χ1v) is 46.7. The van der Waals surface area contributed by atoms with Crippen LogP contribution in [-0.4, -0.2) is 96.7 Å². The summed E-state index contributed by atoms with van der Waals surface area (Å²) in [6, 6.07) is 0. The first-order valence-electron chi connectivity index (χ1n) is 43.7. The molecular weight excluding hydrogens is 1350 g/mol. The van der Waals surface area contributed by atoms with Crippen LogP contribution in [0.15, 0.2) is 0 Å². The molecule has 0 fully saturated rings. The second kappa shape index (κ2) is 73.8. The second-order valence-electron chi connectivity index (χ2n) is 32.2. The summed E-state index contributed by atoms with van der Waals surface area (Å²) in [5.74, 6) is 1.01. The zero-order valence-corrected chi connectivity index (χ0v) is 70.5. The molecule has 0 saturated carbocycles. The predicted molar refractivity (Wildman–Crippen MR) is 428 cm³/mol. The molecule has 0 bridgehead atoms. The van der Waals surface area contributed by atoms with E-state index in [4.69, 9.17) is 37.0 Å². The lowest BCUT2D eigenvalue weighted by molar-refractivity contribution is -0.161. The fraction of sp³-hybridized carbons (Fsp3) is 0.953. The van der Waals surface area contributed by atoms with Crippen molar-refractivity contribution < 1.29 is 80.2 Å². The number of phosphoric acid groups is 2. The van der Waals surface area contributed by atoms with Crippen LogP contribution in [-0.2, 0) is 65.4 Å².